The van der Waals surface area contributed by atoms with Gasteiger partial charge in [0.05, 0.1) is 0 Å². The van der Waals surface area contributed by atoms with Gasteiger partial charge in [-0.1, -0.05) is 31.4 Å². The van der Waals surface area contributed by atoms with Crippen LogP contribution < -0.4 is 0 Å². The van der Waals surface area contributed by atoms with E-state index in [9.17, 15) is 4.39 Å². The van der Waals surface area contributed by atoms with Crippen molar-refractivity contribution in [3.05, 3.63) is 48.3 Å². The number of allylic oxidation sites excluding steroid dienone is 1. The van der Waals surface area contributed by atoms with Crippen LogP contribution in [0, 0.1) is 11.7 Å². The number of benzene rings is 1. The molecule has 0 saturated carbocycles. The average Bonchev–Trinajstić information content (AvgIpc) is 2.35. The number of hydrogen-bond donors (Lipinski definition) is 2. The quantitative estimate of drug-likeness (QED) is 0.796. The third-order valence-electron chi connectivity index (χ3n) is 2.66. The van der Waals surface area contributed by atoms with E-state index in [2.05, 4.69) is 13.2 Å². The number of hydrogen-bond acceptors (Lipinski definition) is 2. The molecule has 0 bridgehead atoms. The fourth-order valence-corrected chi connectivity index (χ4v) is 1.59. The smallest absolute Gasteiger partial charge is 0.131 e. The summed E-state index contributed by atoms with van der Waals surface area (Å²) in [6, 6.07) is 4.78. The van der Waals surface area contributed by atoms with Crippen LogP contribution in [0.2, 0.25) is 0 Å². The molecular formula is C14H17FO2. The summed E-state index contributed by atoms with van der Waals surface area (Å²) < 4.78 is 13.7. The zero-order valence-corrected chi connectivity index (χ0v) is 9.69. The van der Waals surface area contributed by atoms with Gasteiger partial charge < -0.3 is 10.2 Å². The van der Waals surface area contributed by atoms with Crippen molar-refractivity contribution in [1.82, 2.24) is 0 Å². The molecule has 0 radical (unpaired) electrons. The fraction of sp³-hybridized carbons (Fsp3) is 0.286. The molecule has 0 aromatic heterocycles. The molecule has 0 spiro atoms. The lowest BCUT2D eigenvalue weighted by atomic mass is 9.95. The van der Waals surface area contributed by atoms with E-state index in [0.29, 0.717) is 23.1 Å². The van der Waals surface area contributed by atoms with Crippen LogP contribution in [0.5, 0.6) is 0 Å². The summed E-state index contributed by atoms with van der Waals surface area (Å²) in [7, 11) is 0. The second kappa shape index (κ2) is 6.33. The number of halogens is 1. The van der Waals surface area contributed by atoms with Crippen molar-refractivity contribution in [2.24, 2.45) is 5.92 Å². The van der Waals surface area contributed by atoms with Crippen LogP contribution in [0.25, 0.3) is 11.6 Å². The lowest BCUT2D eigenvalue weighted by Crippen LogP contribution is -2.11. The maximum absolute atomic E-state index is 13.7. The van der Waals surface area contributed by atoms with Crippen molar-refractivity contribution in [2.45, 2.75) is 6.42 Å². The molecule has 3 heteroatoms. The minimum absolute atomic E-state index is 0.137. The van der Waals surface area contributed by atoms with Gasteiger partial charge in [-0.3, -0.25) is 0 Å². The van der Waals surface area contributed by atoms with E-state index in [-0.39, 0.29) is 24.9 Å². The Morgan fingerprint density at radius 3 is 2.47 bits per heavy atom. The Hall–Kier alpha value is -1.45. The molecule has 1 aromatic carbocycles. The standard InChI is InChI=1S/C14H17FO2/c1-3-11-4-5-13(14(15)7-11)10(2)6-12(8-16)9-17/h3-5,7,12,16-17H,1-2,6,8-9H2. The van der Waals surface area contributed by atoms with Gasteiger partial charge in [0.1, 0.15) is 5.82 Å². The molecule has 0 unspecified atom stereocenters. The van der Waals surface area contributed by atoms with E-state index in [1.807, 2.05) is 0 Å². The maximum Gasteiger partial charge on any atom is 0.131 e. The second-order valence-corrected chi connectivity index (χ2v) is 3.98. The highest BCUT2D eigenvalue weighted by molar-refractivity contribution is 5.65. The first kappa shape index (κ1) is 13.6. The molecule has 0 saturated heterocycles. The topological polar surface area (TPSA) is 40.5 Å². The minimum atomic E-state index is -0.359. The summed E-state index contributed by atoms with van der Waals surface area (Å²) in [4.78, 5) is 0. The van der Waals surface area contributed by atoms with Crippen LogP contribution >= 0.6 is 0 Å². The fourth-order valence-electron chi connectivity index (χ4n) is 1.59. The molecule has 0 fully saturated rings. The van der Waals surface area contributed by atoms with Crippen LogP contribution in [0.4, 0.5) is 4.39 Å². The van der Waals surface area contributed by atoms with E-state index in [0.717, 1.165) is 0 Å². The predicted molar refractivity (Wildman–Crippen MR) is 67.8 cm³/mol. The van der Waals surface area contributed by atoms with Crippen LogP contribution in [-0.2, 0) is 0 Å². The molecule has 0 aliphatic rings. The van der Waals surface area contributed by atoms with Crippen LogP contribution in [-0.4, -0.2) is 23.4 Å². The van der Waals surface area contributed by atoms with Gasteiger partial charge in [0.2, 0.25) is 0 Å². The van der Waals surface area contributed by atoms with Crippen molar-refractivity contribution >= 4 is 11.6 Å². The van der Waals surface area contributed by atoms with Crippen molar-refractivity contribution < 1.29 is 14.6 Å². The Morgan fingerprint density at radius 1 is 1.35 bits per heavy atom. The van der Waals surface area contributed by atoms with Gasteiger partial charge in [0, 0.05) is 24.7 Å². The number of rotatable bonds is 6. The van der Waals surface area contributed by atoms with Gasteiger partial charge in [-0.15, -0.1) is 0 Å². The lowest BCUT2D eigenvalue weighted by molar-refractivity contribution is 0.153. The summed E-state index contributed by atoms with van der Waals surface area (Å²) in [5, 5.41) is 17.9. The molecule has 1 rings (SSSR count). The van der Waals surface area contributed by atoms with Crippen molar-refractivity contribution in [1.29, 1.82) is 0 Å². The first-order valence-electron chi connectivity index (χ1n) is 5.44. The third-order valence-corrected chi connectivity index (χ3v) is 2.66. The van der Waals surface area contributed by atoms with Crippen LogP contribution in [0.3, 0.4) is 0 Å². The molecule has 17 heavy (non-hydrogen) atoms. The first-order valence-corrected chi connectivity index (χ1v) is 5.44. The Morgan fingerprint density at radius 2 is 2.00 bits per heavy atom. The highest BCUT2D eigenvalue weighted by Gasteiger charge is 2.12. The normalized spacial score (nSPS) is 10.6. The van der Waals surface area contributed by atoms with Crippen molar-refractivity contribution in [3.8, 4) is 0 Å². The molecule has 0 amide bonds. The molecule has 2 N–H and O–H groups in total. The van der Waals surface area contributed by atoms with E-state index >= 15 is 0 Å². The largest absolute Gasteiger partial charge is 0.396 e. The van der Waals surface area contributed by atoms with Gasteiger partial charge >= 0.3 is 0 Å². The molecule has 1 aromatic rings. The van der Waals surface area contributed by atoms with Gasteiger partial charge in [0.15, 0.2) is 0 Å². The maximum atomic E-state index is 13.7. The monoisotopic (exact) mass is 236 g/mol. The van der Waals surface area contributed by atoms with E-state index in [4.69, 9.17) is 10.2 Å². The molecule has 92 valence electrons. The molecule has 2 nitrogen and oxygen atoms in total. The summed E-state index contributed by atoms with van der Waals surface area (Å²) in [6.07, 6.45) is 1.94. The lowest BCUT2D eigenvalue weighted by Gasteiger charge is -2.13. The highest BCUT2D eigenvalue weighted by atomic mass is 19.1. The Labute approximate surface area is 101 Å². The third kappa shape index (κ3) is 3.51. The first-order chi connectivity index (χ1) is 8.12. The van der Waals surface area contributed by atoms with Gasteiger partial charge in [0.25, 0.3) is 0 Å². The van der Waals surface area contributed by atoms with E-state index < -0.39 is 0 Å². The van der Waals surface area contributed by atoms with Crippen molar-refractivity contribution in [2.75, 3.05) is 13.2 Å². The van der Waals surface area contributed by atoms with Gasteiger partial charge in [-0.2, -0.15) is 0 Å². The van der Waals surface area contributed by atoms with Crippen LogP contribution in [0.15, 0.2) is 31.4 Å². The summed E-state index contributed by atoms with van der Waals surface area (Å²) in [6.45, 7) is 7.08. The van der Waals surface area contributed by atoms with Crippen molar-refractivity contribution in [3.63, 3.8) is 0 Å². The molecule has 0 aliphatic carbocycles. The zero-order valence-electron chi connectivity index (χ0n) is 9.69. The summed E-state index contributed by atoms with van der Waals surface area (Å²) in [5.41, 5.74) is 1.70. The molecular weight excluding hydrogens is 219 g/mol. The highest BCUT2D eigenvalue weighted by Crippen LogP contribution is 2.24. The molecule has 0 heterocycles. The Balaban J connectivity index is 2.85. The predicted octanol–water partition coefficient (Wildman–Crippen LogP) is 2.47. The van der Waals surface area contributed by atoms with E-state index in [1.54, 1.807) is 18.2 Å². The molecule has 0 atom stereocenters. The van der Waals surface area contributed by atoms with E-state index in [1.165, 1.54) is 6.07 Å². The second-order valence-electron chi connectivity index (χ2n) is 3.98. The van der Waals surface area contributed by atoms with Gasteiger partial charge in [-0.25, -0.2) is 4.39 Å². The van der Waals surface area contributed by atoms with Gasteiger partial charge in [-0.05, 0) is 23.6 Å². The summed E-state index contributed by atoms with van der Waals surface area (Å²) in [5.74, 6) is -0.650. The SMILES string of the molecule is C=Cc1ccc(C(=C)CC(CO)CO)c(F)c1. The summed E-state index contributed by atoms with van der Waals surface area (Å²) >= 11 is 0. The van der Waals surface area contributed by atoms with Crippen LogP contribution in [0.1, 0.15) is 17.5 Å². The Bertz CT molecular complexity index is 409. The Kier molecular flexibility index (Phi) is 5.07. The molecule has 0 aliphatic heterocycles. The number of aliphatic hydroxyl groups is 2. The number of aliphatic hydroxyl groups excluding tert-OH is 2. The average molecular weight is 236 g/mol. The minimum Gasteiger partial charge on any atom is -0.396 e. The zero-order chi connectivity index (χ0) is 12.8.